The summed E-state index contributed by atoms with van der Waals surface area (Å²) in [5.74, 6) is -0.583. The number of hydrogen-bond acceptors (Lipinski definition) is 11. The highest BCUT2D eigenvalue weighted by Gasteiger charge is 2.65. The summed E-state index contributed by atoms with van der Waals surface area (Å²) in [5.41, 5.74) is -1.53. The Morgan fingerprint density at radius 1 is 0.875 bits per heavy atom. The lowest BCUT2D eigenvalue weighted by molar-refractivity contribution is -0.122. The molecule has 3 N–H and O–H groups in total. The molecule has 2 saturated heterocycles. The molecule has 19 heteroatoms. The Hall–Kier alpha value is -4.72. The minimum Gasteiger partial charge on any atom is -0.305 e. The summed E-state index contributed by atoms with van der Waals surface area (Å²) < 4.78 is 89.5. The van der Waals surface area contributed by atoms with Crippen LogP contribution in [0, 0.1) is 0 Å². The van der Waals surface area contributed by atoms with Crippen LogP contribution in [0.1, 0.15) is 31.2 Å². The number of sulfone groups is 1. The number of rotatable bonds is 7. The van der Waals surface area contributed by atoms with Gasteiger partial charge in [-0.3, -0.25) is 19.1 Å². The number of halogens is 3. The quantitative estimate of drug-likeness (QED) is 0.184. The summed E-state index contributed by atoms with van der Waals surface area (Å²) in [6.07, 6.45) is 2.48. The molecule has 3 amide bonds. The van der Waals surface area contributed by atoms with Gasteiger partial charge in [-0.25, -0.2) is 42.4 Å². The van der Waals surface area contributed by atoms with E-state index in [0.717, 1.165) is 17.0 Å². The normalized spacial score (nSPS) is 19.5. The van der Waals surface area contributed by atoms with Crippen LogP contribution in [0.2, 0.25) is 0 Å². The van der Waals surface area contributed by atoms with Gasteiger partial charge in [-0.15, -0.1) is 0 Å². The Kier molecular flexibility index (Phi) is 7.93. The van der Waals surface area contributed by atoms with Crippen molar-refractivity contribution in [3.8, 4) is 0 Å². The van der Waals surface area contributed by atoms with Crippen molar-refractivity contribution < 1.29 is 49.2 Å². The van der Waals surface area contributed by atoms with Gasteiger partial charge < -0.3 is 4.90 Å². The zero-order chi connectivity index (χ0) is 34.7. The summed E-state index contributed by atoms with van der Waals surface area (Å²) in [6, 6.07) is 13.2. The van der Waals surface area contributed by atoms with Crippen molar-refractivity contribution in [3.05, 3.63) is 78.5 Å². The zero-order valence-electron chi connectivity index (χ0n) is 24.5. The Morgan fingerprint density at radius 3 is 2.04 bits per heavy atom. The van der Waals surface area contributed by atoms with E-state index < -0.39 is 53.4 Å². The third-order valence-electron chi connectivity index (χ3n) is 8.15. The molecule has 3 aromatic rings. The van der Waals surface area contributed by atoms with Crippen molar-refractivity contribution in [2.45, 2.75) is 58.7 Å². The second kappa shape index (κ2) is 11.5. The van der Waals surface area contributed by atoms with E-state index in [-0.39, 0.29) is 40.9 Å². The van der Waals surface area contributed by atoms with Crippen molar-refractivity contribution in [1.29, 1.82) is 0 Å². The number of amides is 3. The second-order valence-corrected chi connectivity index (χ2v) is 15.0. The van der Waals surface area contributed by atoms with Crippen LogP contribution < -0.4 is 20.5 Å². The molecule has 0 unspecified atom stereocenters. The minimum absolute atomic E-state index is 0.00232. The fraction of sp³-hybridized carbons (Fsp3) is 0.276. The highest BCUT2D eigenvalue weighted by Crippen LogP contribution is 2.50. The van der Waals surface area contributed by atoms with E-state index in [9.17, 15) is 49.2 Å². The number of urea groups is 1. The zero-order valence-corrected chi connectivity index (χ0v) is 26.2. The number of ketones is 2. The fourth-order valence-electron chi connectivity index (χ4n) is 5.37. The third-order valence-corrected chi connectivity index (χ3v) is 11.0. The Morgan fingerprint density at radius 2 is 1.52 bits per heavy atom. The summed E-state index contributed by atoms with van der Waals surface area (Å²) in [5, 5.41) is 0. The lowest BCUT2D eigenvalue weighted by Gasteiger charge is -2.21. The average Bonchev–Trinajstić information content (AvgIpc) is 3.95. The van der Waals surface area contributed by atoms with Crippen LogP contribution >= 0.6 is 0 Å². The number of aromatic nitrogens is 1. The van der Waals surface area contributed by atoms with E-state index in [1.165, 1.54) is 29.3 Å². The van der Waals surface area contributed by atoms with Gasteiger partial charge in [-0.2, -0.15) is 13.2 Å². The van der Waals surface area contributed by atoms with Crippen LogP contribution in [-0.4, -0.2) is 66.9 Å². The largest absolute Gasteiger partial charge is 0.501 e. The van der Waals surface area contributed by atoms with E-state index in [4.69, 9.17) is 0 Å². The van der Waals surface area contributed by atoms with Gasteiger partial charge in [-0.05, 0) is 66.9 Å². The standard InChI is InChI=1S/C24H19F3N4O6S2.C5H6N2O2/c25-24(26,27)38(34,35)18-8-6-17(7-9-18)31-21(32)23(11-12-23)30(22(31)33)15-16-10-13-28-20(14-16)29-39(36,37)19-4-2-1-3-5-19;8-3-1-4(9)5(2-3)6-7-5/h1-10,13-14H,11-12,15H2,(H,28,29);6-7H,1-2H2. The fourth-order valence-corrected chi connectivity index (χ4v) is 7.15. The maximum atomic E-state index is 13.3. The highest BCUT2D eigenvalue weighted by atomic mass is 32.2. The van der Waals surface area contributed by atoms with Gasteiger partial charge in [0, 0.05) is 19.2 Å². The van der Waals surface area contributed by atoms with Crippen molar-refractivity contribution in [1.82, 2.24) is 20.7 Å². The van der Waals surface area contributed by atoms with Crippen LogP contribution in [0.4, 0.5) is 29.5 Å². The van der Waals surface area contributed by atoms with E-state index in [1.807, 2.05) is 0 Å². The Bertz CT molecular complexity index is 2050. The minimum atomic E-state index is -5.59. The highest BCUT2D eigenvalue weighted by molar-refractivity contribution is 7.92. The number of imide groups is 1. The van der Waals surface area contributed by atoms with Crippen LogP contribution in [0.5, 0.6) is 0 Å². The third kappa shape index (κ3) is 5.93. The van der Waals surface area contributed by atoms with Crippen molar-refractivity contribution in [3.63, 3.8) is 0 Å². The summed E-state index contributed by atoms with van der Waals surface area (Å²) in [4.78, 5) is 53.1. The van der Waals surface area contributed by atoms with Gasteiger partial charge in [0.2, 0.25) is 0 Å². The van der Waals surface area contributed by atoms with E-state index in [0.29, 0.717) is 37.0 Å². The lowest BCUT2D eigenvalue weighted by atomic mass is 10.2. The molecule has 4 aliphatic rings. The van der Waals surface area contributed by atoms with Crippen LogP contribution in [0.15, 0.2) is 82.7 Å². The van der Waals surface area contributed by atoms with Crippen molar-refractivity contribution in [2.24, 2.45) is 0 Å². The van der Waals surface area contributed by atoms with E-state index in [1.54, 1.807) is 24.3 Å². The number of pyridine rings is 1. The van der Waals surface area contributed by atoms with E-state index >= 15 is 0 Å². The molecule has 0 atom stereocenters. The number of sulfonamides is 1. The summed E-state index contributed by atoms with van der Waals surface area (Å²) in [7, 11) is -9.52. The molecule has 1 aromatic heterocycles. The first-order valence-electron chi connectivity index (χ1n) is 14.2. The van der Waals surface area contributed by atoms with Gasteiger partial charge in [0.25, 0.3) is 25.8 Å². The molecule has 7 rings (SSSR count). The first kappa shape index (κ1) is 33.2. The molecule has 0 bridgehead atoms. The molecule has 2 spiro atoms. The van der Waals surface area contributed by atoms with Crippen molar-refractivity contribution >= 4 is 54.9 Å². The first-order chi connectivity index (χ1) is 22.5. The lowest BCUT2D eigenvalue weighted by Crippen LogP contribution is -2.36. The molecule has 3 heterocycles. The topological polar surface area (TPSA) is 212 Å². The smallest absolute Gasteiger partial charge is 0.305 e. The molecule has 4 fully saturated rings. The first-order valence-corrected chi connectivity index (χ1v) is 17.2. The Labute approximate surface area is 271 Å². The number of carbonyl (C=O) groups excluding carboxylic acids is 4. The number of anilines is 2. The number of alkyl halides is 3. The molecule has 48 heavy (non-hydrogen) atoms. The number of benzene rings is 2. The molecule has 2 aromatic carbocycles. The molecule has 2 aliphatic heterocycles. The number of nitrogens with one attached hydrogen (secondary N) is 3. The number of Topliss-reactive ketones (excluding diaryl/α,β-unsaturated/α-hetero) is 2. The maximum Gasteiger partial charge on any atom is 0.501 e. The van der Waals surface area contributed by atoms with Crippen LogP contribution in [0.25, 0.3) is 0 Å². The Balaban J connectivity index is 0.000000381. The van der Waals surface area contributed by atoms with Crippen LogP contribution in [-0.2, 0) is 40.8 Å². The van der Waals surface area contributed by atoms with Gasteiger partial charge in [0.15, 0.2) is 11.4 Å². The average molecular weight is 707 g/mol. The number of nitrogens with zero attached hydrogens (tertiary/aromatic N) is 3. The molecule has 0 radical (unpaired) electrons. The second-order valence-electron chi connectivity index (χ2n) is 11.4. The van der Waals surface area contributed by atoms with Crippen LogP contribution in [0.3, 0.4) is 0 Å². The summed E-state index contributed by atoms with van der Waals surface area (Å²) in [6.45, 7) is -0.0792. The van der Waals surface area contributed by atoms with Gasteiger partial charge >= 0.3 is 11.5 Å². The monoisotopic (exact) mass is 706 g/mol. The molecule has 2 aliphatic carbocycles. The predicted octanol–water partition coefficient (Wildman–Crippen LogP) is 2.40. The van der Waals surface area contributed by atoms with Gasteiger partial charge in [0.1, 0.15) is 17.1 Å². The predicted molar refractivity (Wildman–Crippen MR) is 160 cm³/mol. The van der Waals surface area contributed by atoms with Gasteiger partial charge in [-0.1, -0.05) is 18.2 Å². The molecule has 14 nitrogen and oxygen atoms in total. The van der Waals surface area contributed by atoms with Gasteiger partial charge in [0.05, 0.1) is 21.9 Å². The number of carbonyl (C=O) groups is 4. The molecular weight excluding hydrogens is 681 g/mol. The summed E-state index contributed by atoms with van der Waals surface area (Å²) >= 11 is 0. The van der Waals surface area contributed by atoms with Crippen molar-refractivity contribution in [2.75, 3.05) is 9.62 Å². The molecular formula is C29H25F3N6O8S2. The number of hydrogen-bond donors (Lipinski definition) is 3. The molecule has 2 saturated carbocycles. The van der Waals surface area contributed by atoms with E-state index in [2.05, 4.69) is 20.6 Å². The number of hydrazine groups is 1. The molecule has 252 valence electrons. The SMILES string of the molecule is O=C1CC(=O)C2(C1)NN2.O=C1N(c2ccc(S(=O)(=O)C(F)(F)F)cc2)C(=O)C2(CC2)N1Cc1ccnc(NS(=O)(=O)c2ccccc2)c1. The maximum absolute atomic E-state index is 13.3.